The summed E-state index contributed by atoms with van der Waals surface area (Å²) in [5, 5.41) is 9.66. The summed E-state index contributed by atoms with van der Waals surface area (Å²) in [6, 6.07) is 2.81. The number of hydrogen-bond donors (Lipinski definition) is 2. The molecule has 11 heteroatoms. The van der Waals surface area contributed by atoms with E-state index in [0.717, 1.165) is 11.8 Å². The van der Waals surface area contributed by atoms with Crippen LogP contribution in [0.3, 0.4) is 0 Å². The molecule has 1 saturated heterocycles. The zero-order valence-corrected chi connectivity index (χ0v) is 17.7. The number of aliphatic hydroxyl groups excluding tert-OH is 1. The van der Waals surface area contributed by atoms with Crippen LogP contribution in [0.15, 0.2) is 12.1 Å². The molecule has 1 atom stereocenters. The van der Waals surface area contributed by atoms with Gasteiger partial charge in [0, 0.05) is 31.7 Å². The Morgan fingerprint density at radius 2 is 2.17 bits per heavy atom. The number of likely N-dealkylation sites (tertiary alicyclic amines) is 1. The molecule has 2 rings (SSSR count). The Morgan fingerprint density at radius 3 is 2.83 bits per heavy atom. The topological polar surface area (TPSA) is 126 Å². The highest BCUT2D eigenvalue weighted by Crippen LogP contribution is 2.23. The van der Waals surface area contributed by atoms with Gasteiger partial charge in [-0.3, -0.25) is 14.4 Å². The van der Waals surface area contributed by atoms with Gasteiger partial charge in [-0.05, 0) is 18.9 Å². The van der Waals surface area contributed by atoms with Crippen LogP contribution in [0, 0.1) is 0 Å². The number of thioether (sulfide) groups is 1. The minimum atomic E-state index is -0.471. The second-order valence-corrected chi connectivity index (χ2v) is 7.89. The fourth-order valence-electron chi connectivity index (χ4n) is 3.15. The lowest BCUT2D eigenvalue weighted by molar-refractivity contribution is -0.130. The van der Waals surface area contributed by atoms with E-state index in [2.05, 4.69) is 4.98 Å². The van der Waals surface area contributed by atoms with Crippen LogP contribution in [0.5, 0.6) is 5.88 Å². The number of amides is 3. The molecule has 9 nitrogen and oxygen atoms in total. The predicted octanol–water partition coefficient (Wildman–Crippen LogP) is 0.388. The zero-order chi connectivity index (χ0) is 21.4. The summed E-state index contributed by atoms with van der Waals surface area (Å²) in [7, 11) is 1.44. The van der Waals surface area contributed by atoms with E-state index in [1.165, 1.54) is 18.1 Å². The minimum absolute atomic E-state index is 0.0416. The Labute approximate surface area is 178 Å². The standard InChI is InChI=1S/C18H25ClN4O5S/c1-28-15-5-4-13(19)17(21-15)18(27)23(7-8-24)12-3-2-6-22(9-12)16(26)11-29-10-14(20)25/h4-5,12,24H,2-3,6-11H2,1H3,(H2,20,25). The number of piperidine rings is 1. The van der Waals surface area contributed by atoms with E-state index in [1.54, 1.807) is 11.0 Å². The van der Waals surface area contributed by atoms with E-state index in [9.17, 15) is 19.5 Å². The summed E-state index contributed by atoms with van der Waals surface area (Å²) in [4.78, 5) is 43.7. The normalized spacial score (nSPS) is 16.4. The first-order valence-electron chi connectivity index (χ1n) is 9.13. The number of carbonyl (C=O) groups excluding carboxylic acids is 3. The maximum absolute atomic E-state index is 13.1. The number of nitrogens with two attached hydrogens (primary N) is 1. The third-order valence-corrected chi connectivity index (χ3v) is 5.74. The van der Waals surface area contributed by atoms with Crippen LogP contribution in [-0.4, -0.2) is 88.5 Å². The third-order valence-electron chi connectivity index (χ3n) is 4.49. The van der Waals surface area contributed by atoms with Gasteiger partial charge in [-0.2, -0.15) is 0 Å². The van der Waals surface area contributed by atoms with E-state index in [0.29, 0.717) is 25.9 Å². The van der Waals surface area contributed by atoms with Gasteiger partial charge in [0.05, 0.1) is 30.2 Å². The Balaban J connectivity index is 2.12. The van der Waals surface area contributed by atoms with Gasteiger partial charge in [-0.15, -0.1) is 11.8 Å². The van der Waals surface area contributed by atoms with Crippen molar-refractivity contribution in [1.29, 1.82) is 0 Å². The average molecular weight is 445 g/mol. The molecule has 1 aromatic rings. The largest absolute Gasteiger partial charge is 0.481 e. The van der Waals surface area contributed by atoms with Crippen molar-refractivity contribution in [1.82, 2.24) is 14.8 Å². The lowest BCUT2D eigenvalue weighted by Gasteiger charge is -2.39. The van der Waals surface area contributed by atoms with E-state index in [4.69, 9.17) is 22.1 Å². The number of methoxy groups -OCH3 is 1. The molecule has 1 fully saturated rings. The molecule has 160 valence electrons. The van der Waals surface area contributed by atoms with E-state index in [-0.39, 0.29) is 53.2 Å². The fraction of sp³-hybridized carbons (Fsp3) is 0.556. The molecule has 2 heterocycles. The number of primary amides is 1. The number of carbonyl (C=O) groups is 3. The summed E-state index contributed by atoms with van der Waals surface area (Å²) >= 11 is 7.32. The van der Waals surface area contributed by atoms with Gasteiger partial charge >= 0.3 is 0 Å². The Hall–Kier alpha value is -2.04. The molecule has 0 radical (unpaired) electrons. The number of ether oxygens (including phenoxy) is 1. The van der Waals surface area contributed by atoms with Gasteiger partial charge in [0.1, 0.15) is 0 Å². The van der Waals surface area contributed by atoms with Crippen LogP contribution in [-0.2, 0) is 9.59 Å². The monoisotopic (exact) mass is 444 g/mol. The summed E-state index contributed by atoms with van der Waals surface area (Å²) in [6.07, 6.45) is 1.40. The molecule has 0 saturated carbocycles. The van der Waals surface area contributed by atoms with Crippen LogP contribution in [0.1, 0.15) is 23.3 Å². The third kappa shape index (κ3) is 6.48. The second-order valence-electron chi connectivity index (χ2n) is 6.50. The molecule has 0 spiro atoms. The number of halogens is 1. The number of nitrogens with zero attached hydrogens (tertiary/aromatic N) is 3. The quantitative estimate of drug-likeness (QED) is 0.564. The number of hydrogen-bond acceptors (Lipinski definition) is 7. The van der Waals surface area contributed by atoms with E-state index < -0.39 is 11.8 Å². The Kier molecular flexibility index (Phi) is 8.99. The van der Waals surface area contributed by atoms with Gasteiger partial charge in [-0.1, -0.05) is 11.6 Å². The fourth-order valence-corrected chi connectivity index (χ4v) is 3.99. The molecule has 3 amide bonds. The first-order valence-corrected chi connectivity index (χ1v) is 10.7. The first kappa shape index (κ1) is 23.2. The van der Waals surface area contributed by atoms with Crippen molar-refractivity contribution in [2.75, 3.05) is 44.9 Å². The van der Waals surface area contributed by atoms with Gasteiger partial charge in [0.25, 0.3) is 5.91 Å². The van der Waals surface area contributed by atoms with Crippen LogP contribution >= 0.6 is 23.4 Å². The summed E-state index contributed by atoms with van der Waals surface area (Å²) in [5.41, 5.74) is 5.14. The SMILES string of the molecule is COc1ccc(Cl)c(C(=O)N(CCO)C2CCCN(C(=O)CSCC(N)=O)C2)n1. The molecular formula is C18H25ClN4O5S. The smallest absolute Gasteiger partial charge is 0.274 e. The van der Waals surface area contributed by atoms with E-state index in [1.807, 2.05) is 0 Å². The molecule has 1 aliphatic rings. The zero-order valence-electron chi connectivity index (χ0n) is 16.2. The van der Waals surface area contributed by atoms with Crippen molar-refractivity contribution < 1.29 is 24.2 Å². The van der Waals surface area contributed by atoms with Crippen LogP contribution in [0.25, 0.3) is 0 Å². The van der Waals surface area contributed by atoms with Gasteiger partial charge < -0.3 is 25.4 Å². The van der Waals surface area contributed by atoms with Crippen molar-refractivity contribution in [3.8, 4) is 5.88 Å². The number of pyridine rings is 1. The van der Waals surface area contributed by atoms with Gasteiger partial charge in [0.15, 0.2) is 5.69 Å². The van der Waals surface area contributed by atoms with Crippen LogP contribution in [0.4, 0.5) is 0 Å². The summed E-state index contributed by atoms with van der Waals surface area (Å²) in [6.45, 7) is 0.776. The highest BCUT2D eigenvalue weighted by atomic mass is 35.5. The molecule has 3 N–H and O–H groups in total. The van der Waals surface area contributed by atoms with Crippen molar-refractivity contribution >= 4 is 41.1 Å². The molecule has 1 unspecified atom stereocenters. The van der Waals surface area contributed by atoms with E-state index >= 15 is 0 Å². The predicted molar refractivity (Wildman–Crippen MR) is 110 cm³/mol. The second kappa shape index (κ2) is 11.2. The minimum Gasteiger partial charge on any atom is -0.481 e. The lowest BCUT2D eigenvalue weighted by Crippen LogP contribution is -2.53. The van der Waals surface area contributed by atoms with Gasteiger partial charge in [0.2, 0.25) is 17.7 Å². The number of aromatic nitrogens is 1. The molecule has 0 aliphatic carbocycles. The van der Waals surface area contributed by atoms with Crippen molar-refractivity contribution in [2.24, 2.45) is 5.73 Å². The first-order chi connectivity index (χ1) is 13.9. The van der Waals surface area contributed by atoms with Gasteiger partial charge in [-0.25, -0.2) is 4.98 Å². The highest BCUT2D eigenvalue weighted by Gasteiger charge is 2.32. The molecule has 29 heavy (non-hydrogen) atoms. The van der Waals surface area contributed by atoms with Crippen LogP contribution in [0.2, 0.25) is 5.02 Å². The van der Waals surface area contributed by atoms with Crippen molar-refractivity contribution in [3.63, 3.8) is 0 Å². The number of aliphatic hydroxyl groups is 1. The molecule has 1 aliphatic heterocycles. The lowest BCUT2D eigenvalue weighted by atomic mass is 10.0. The molecule has 0 bridgehead atoms. The Morgan fingerprint density at radius 1 is 1.41 bits per heavy atom. The Bertz CT molecular complexity index is 751. The maximum atomic E-state index is 13.1. The van der Waals surface area contributed by atoms with Crippen molar-refractivity contribution in [2.45, 2.75) is 18.9 Å². The summed E-state index contributed by atoms with van der Waals surface area (Å²) < 4.78 is 5.07. The molecule has 0 aromatic carbocycles. The molecular weight excluding hydrogens is 420 g/mol. The van der Waals surface area contributed by atoms with Crippen molar-refractivity contribution in [3.05, 3.63) is 22.8 Å². The van der Waals surface area contributed by atoms with Crippen LogP contribution < -0.4 is 10.5 Å². The average Bonchev–Trinajstić information content (AvgIpc) is 2.71. The maximum Gasteiger partial charge on any atom is 0.274 e. The highest BCUT2D eigenvalue weighted by molar-refractivity contribution is 8.00. The molecule has 1 aromatic heterocycles. The summed E-state index contributed by atoms with van der Waals surface area (Å²) in [5.74, 6) is -0.527. The number of rotatable bonds is 9.